The van der Waals surface area contributed by atoms with Crippen LogP contribution in [0.25, 0.3) is 11.6 Å². The molecule has 2 aromatic heterocycles. The Bertz CT molecular complexity index is 1040. The summed E-state index contributed by atoms with van der Waals surface area (Å²) < 4.78 is 28.7. The summed E-state index contributed by atoms with van der Waals surface area (Å²) in [5.41, 5.74) is 2.46. The Balaban J connectivity index is 1.71. The van der Waals surface area contributed by atoms with Crippen LogP contribution in [-0.4, -0.2) is 56.5 Å². The second kappa shape index (κ2) is 8.41. The second-order valence-electron chi connectivity index (χ2n) is 7.11. The number of nitriles is 1. The van der Waals surface area contributed by atoms with Crippen LogP contribution in [0.2, 0.25) is 0 Å². The number of carbonyl (C=O) groups is 2. The van der Waals surface area contributed by atoms with Crippen LogP contribution in [0.15, 0.2) is 30.9 Å². The maximum atomic E-state index is 13.5. The number of nitrogens with one attached hydrogen (secondary N) is 1. The summed E-state index contributed by atoms with van der Waals surface area (Å²) in [7, 11) is 1.79. The molecule has 156 valence electrons. The smallest absolute Gasteiger partial charge is 0.268 e. The molecule has 1 aliphatic heterocycles. The Labute approximate surface area is 171 Å². The molecule has 2 aromatic rings. The van der Waals surface area contributed by atoms with Crippen LogP contribution in [-0.2, 0) is 11.8 Å². The van der Waals surface area contributed by atoms with E-state index in [0.29, 0.717) is 11.1 Å². The predicted octanol–water partition coefficient (Wildman–Crippen LogP) is 1.87. The standard InChI is InChI=1S/C20H20F2N6O2/c1-13(5-14-8-26-27(2)11-14)17-9-24-4-3-16(17)19(30)25-10-18(29)28-12-20(21,22)6-15(28)7-23/h3-5,8-9,11,15H,6,10,12H2,1-2H3,(H,25,30)/b13-5+. The number of rotatable bonds is 5. The lowest BCUT2D eigenvalue weighted by molar-refractivity contribution is -0.131. The first-order valence-corrected chi connectivity index (χ1v) is 9.16. The number of nitrogens with zero attached hydrogens (tertiary/aromatic N) is 5. The van der Waals surface area contributed by atoms with Crippen LogP contribution in [0.5, 0.6) is 0 Å². The van der Waals surface area contributed by atoms with E-state index in [1.165, 1.54) is 18.5 Å². The average molecular weight is 414 g/mol. The molecule has 0 saturated carbocycles. The molecule has 3 heterocycles. The van der Waals surface area contributed by atoms with E-state index < -0.39 is 43.3 Å². The van der Waals surface area contributed by atoms with E-state index >= 15 is 0 Å². The third-order valence-electron chi connectivity index (χ3n) is 4.74. The first-order chi connectivity index (χ1) is 14.2. The molecule has 1 N–H and O–H groups in total. The number of hydrogen-bond donors (Lipinski definition) is 1. The van der Waals surface area contributed by atoms with Crippen molar-refractivity contribution in [2.75, 3.05) is 13.1 Å². The van der Waals surface area contributed by atoms with Crippen LogP contribution < -0.4 is 5.32 Å². The van der Waals surface area contributed by atoms with Crippen molar-refractivity contribution in [3.63, 3.8) is 0 Å². The maximum absolute atomic E-state index is 13.5. The molecular weight excluding hydrogens is 394 g/mol. The molecule has 1 aliphatic rings. The van der Waals surface area contributed by atoms with Crippen LogP contribution in [0, 0.1) is 11.3 Å². The van der Waals surface area contributed by atoms with E-state index in [9.17, 15) is 18.4 Å². The molecule has 1 saturated heterocycles. The number of aromatic nitrogens is 3. The van der Waals surface area contributed by atoms with Gasteiger partial charge in [0, 0.05) is 48.7 Å². The summed E-state index contributed by atoms with van der Waals surface area (Å²) in [5.74, 6) is -4.38. The van der Waals surface area contributed by atoms with Gasteiger partial charge in [-0.3, -0.25) is 19.3 Å². The Morgan fingerprint density at radius 1 is 1.40 bits per heavy atom. The highest BCUT2D eigenvalue weighted by Gasteiger charge is 2.47. The molecule has 1 unspecified atom stereocenters. The van der Waals surface area contributed by atoms with Crippen LogP contribution in [0.3, 0.4) is 0 Å². The Morgan fingerprint density at radius 3 is 2.83 bits per heavy atom. The van der Waals surface area contributed by atoms with Crippen molar-refractivity contribution >= 4 is 23.5 Å². The van der Waals surface area contributed by atoms with Crippen molar-refractivity contribution in [2.24, 2.45) is 7.05 Å². The molecule has 1 atom stereocenters. The van der Waals surface area contributed by atoms with Crippen LogP contribution in [0.1, 0.15) is 34.8 Å². The zero-order valence-corrected chi connectivity index (χ0v) is 16.5. The lowest BCUT2D eigenvalue weighted by Gasteiger charge is -2.19. The first kappa shape index (κ1) is 21.1. The average Bonchev–Trinajstić information content (AvgIpc) is 3.27. The predicted molar refractivity (Wildman–Crippen MR) is 104 cm³/mol. The molecule has 0 bridgehead atoms. The zero-order chi connectivity index (χ0) is 21.9. The third kappa shape index (κ3) is 4.68. The van der Waals surface area contributed by atoms with E-state index in [2.05, 4.69) is 15.4 Å². The fraction of sp³-hybridized carbons (Fsp3) is 0.350. The number of carbonyl (C=O) groups excluding carboxylic acids is 2. The van der Waals surface area contributed by atoms with Crippen molar-refractivity contribution in [3.8, 4) is 6.07 Å². The quantitative estimate of drug-likeness (QED) is 0.804. The highest BCUT2D eigenvalue weighted by atomic mass is 19.3. The van der Waals surface area contributed by atoms with Crippen LogP contribution >= 0.6 is 0 Å². The molecule has 8 nitrogen and oxygen atoms in total. The van der Waals surface area contributed by atoms with E-state index in [1.807, 2.05) is 19.2 Å². The number of pyridine rings is 1. The number of halogens is 2. The molecule has 1 fully saturated rings. The highest BCUT2D eigenvalue weighted by Crippen LogP contribution is 2.31. The monoisotopic (exact) mass is 414 g/mol. The van der Waals surface area contributed by atoms with Gasteiger partial charge in [-0.1, -0.05) is 0 Å². The fourth-order valence-corrected chi connectivity index (χ4v) is 3.30. The molecule has 30 heavy (non-hydrogen) atoms. The molecule has 2 amide bonds. The molecule has 3 rings (SSSR count). The fourth-order valence-electron chi connectivity index (χ4n) is 3.30. The van der Waals surface area contributed by atoms with Crippen molar-refractivity contribution in [1.29, 1.82) is 5.26 Å². The number of aryl methyl sites for hydroxylation is 1. The number of likely N-dealkylation sites (tertiary alicyclic amines) is 1. The van der Waals surface area contributed by atoms with Gasteiger partial charge in [0.2, 0.25) is 5.91 Å². The summed E-state index contributed by atoms with van der Waals surface area (Å²) in [4.78, 5) is 29.8. The van der Waals surface area contributed by atoms with Gasteiger partial charge in [0.25, 0.3) is 11.8 Å². The molecule has 0 radical (unpaired) electrons. The number of amides is 2. The molecule has 0 aliphatic carbocycles. The van der Waals surface area contributed by atoms with Gasteiger partial charge in [0.1, 0.15) is 6.04 Å². The van der Waals surface area contributed by atoms with E-state index in [0.717, 1.165) is 16.0 Å². The number of alkyl halides is 2. The lowest BCUT2D eigenvalue weighted by atomic mass is 10.0. The summed E-state index contributed by atoms with van der Waals surface area (Å²) in [6.45, 7) is 0.503. The largest absolute Gasteiger partial charge is 0.343 e. The van der Waals surface area contributed by atoms with Crippen molar-refractivity contribution in [1.82, 2.24) is 25.0 Å². The van der Waals surface area contributed by atoms with Gasteiger partial charge in [0.15, 0.2) is 0 Å². The van der Waals surface area contributed by atoms with Gasteiger partial charge in [-0.2, -0.15) is 10.4 Å². The van der Waals surface area contributed by atoms with Gasteiger partial charge in [-0.25, -0.2) is 8.78 Å². The highest BCUT2D eigenvalue weighted by molar-refractivity contribution is 6.01. The normalized spacial score (nSPS) is 18.2. The minimum Gasteiger partial charge on any atom is -0.343 e. The summed E-state index contributed by atoms with van der Waals surface area (Å²) in [6.07, 6.45) is 7.62. The SMILES string of the molecule is C/C(=C\c1cnn(C)c1)c1cnccc1C(=O)NCC(=O)N1CC(F)(F)CC1C#N. The first-order valence-electron chi connectivity index (χ1n) is 9.16. The summed E-state index contributed by atoms with van der Waals surface area (Å²) in [5, 5.41) is 15.6. The minimum absolute atomic E-state index is 0.291. The Hall–Kier alpha value is -3.61. The zero-order valence-electron chi connectivity index (χ0n) is 16.5. The number of allylic oxidation sites excluding steroid dienone is 1. The second-order valence-corrected chi connectivity index (χ2v) is 7.11. The maximum Gasteiger partial charge on any atom is 0.268 e. The Morgan fingerprint density at radius 2 is 2.17 bits per heavy atom. The minimum atomic E-state index is -3.10. The van der Waals surface area contributed by atoms with Gasteiger partial charge in [-0.15, -0.1) is 0 Å². The van der Waals surface area contributed by atoms with E-state index in [4.69, 9.17) is 5.26 Å². The van der Waals surface area contributed by atoms with Gasteiger partial charge in [-0.05, 0) is 24.6 Å². The van der Waals surface area contributed by atoms with Gasteiger partial charge in [0.05, 0.1) is 25.4 Å². The van der Waals surface area contributed by atoms with Gasteiger partial charge < -0.3 is 10.2 Å². The third-order valence-corrected chi connectivity index (χ3v) is 4.74. The topological polar surface area (TPSA) is 104 Å². The molecule has 10 heteroatoms. The Kier molecular flexibility index (Phi) is 5.91. The molecular formula is C20H20F2N6O2. The van der Waals surface area contributed by atoms with E-state index in [-0.39, 0.29) is 0 Å². The summed E-state index contributed by atoms with van der Waals surface area (Å²) in [6, 6.07) is 2.02. The molecule has 0 spiro atoms. The van der Waals surface area contributed by atoms with Gasteiger partial charge >= 0.3 is 0 Å². The lowest BCUT2D eigenvalue weighted by Crippen LogP contribution is -2.43. The number of hydrogen-bond acceptors (Lipinski definition) is 5. The van der Waals surface area contributed by atoms with Crippen LogP contribution in [0.4, 0.5) is 8.78 Å². The summed E-state index contributed by atoms with van der Waals surface area (Å²) >= 11 is 0. The van der Waals surface area contributed by atoms with Crippen molar-refractivity contribution in [2.45, 2.75) is 25.3 Å². The van der Waals surface area contributed by atoms with Crippen molar-refractivity contribution < 1.29 is 18.4 Å². The van der Waals surface area contributed by atoms with E-state index in [1.54, 1.807) is 24.0 Å². The molecule has 0 aromatic carbocycles. The van der Waals surface area contributed by atoms with Crippen molar-refractivity contribution in [3.05, 3.63) is 47.5 Å².